The van der Waals surface area contributed by atoms with Gasteiger partial charge in [-0.25, -0.2) is 4.98 Å². The number of aromatic nitrogens is 3. The lowest BCUT2D eigenvalue weighted by atomic mass is 10.1. The average Bonchev–Trinajstić information content (AvgIpc) is 2.95. The monoisotopic (exact) mass is 245 g/mol. The molecule has 0 N–H and O–H groups in total. The first kappa shape index (κ1) is 11.5. The second-order valence-electron chi connectivity index (χ2n) is 5.46. The van der Waals surface area contributed by atoms with Gasteiger partial charge in [-0.15, -0.1) is 0 Å². The summed E-state index contributed by atoms with van der Waals surface area (Å²) in [6.45, 7) is 7.19. The molecule has 0 amide bonds. The van der Waals surface area contributed by atoms with Crippen molar-refractivity contribution in [3.8, 4) is 0 Å². The topological polar surface area (TPSA) is 43.9 Å². The Hall–Kier alpha value is -1.58. The third-order valence-electron chi connectivity index (χ3n) is 3.59. The van der Waals surface area contributed by atoms with E-state index in [1.54, 1.807) is 0 Å². The summed E-state index contributed by atoms with van der Waals surface area (Å²) in [5, 5.41) is 4.23. The van der Waals surface area contributed by atoms with E-state index < -0.39 is 0 Å². The number of hydrogen-bond donors (Lipinski definition) is 0. The van der Waals surface area contributed by atoms with Crippen LogP contribution < -0.4 is 0 Å². The van der Waals surface area contributed by atoms with Crippen LogP contribution in [-0.4, -0.2) is 14.7 Å². The first-order chi connectivity index (χ1) is 8.66. The maximum absolute atomic E-state index is 5.48. The standard InChI is InChI=1S/C14H19N3O/c1-9(2)14-15-6-7-17(14)8-12-10(3)13(18-16-12)11-4-5-11/h6-7,9,11H,4-5,8H2,1-3H3. The van der Waals surface area contributed by atoms with E-state index in [1.807, 2.05) is 12.4 Å². The third kappa shape index (κ3) is 1.96. The molecule has 18 heavy (non-hydrogen) atoms. The zero-order valence-corrected chi connectivity index (χ0v) is 11.2. The van der Waals surface area contributed by atoms with Gasteiger partial charge in [-0.2, -0.15) is 0 Å². The van der Waals surface area contributed by atoms with Gasteiger partial charge in [0.15, 0.2) is 0 Å². The Morgan fingerprint density at radius 3 is 2.89 bits per heavy atom. The summed E-state index contributed by atoms with van der Waals surface area (Å²) < 4.78 is 7.64. The number of rotatable bonds is 4. The largest absolute Gasteiger partial charge is 0.360 e. The first-order valence-electron chi connectivity index (χ1n) is 6.63. The van der Waals surface area contributed by atoms with E-state index in [0.29, 0.717) is 11.8 Å². The molecule has 0 radical (unpaired) electrons. The van der Waals surface area contributed by atoms with Gasteiger partial charge in [0.2, 0.25) is 0 Å². The summed E-state index contributed by atoms with van der Waals surface area (Å²) >= 11 is 0. The number of hydrogen-bond acceptors (Lipinski definition) is 3. The zero-order valence-electron chi connectivity index (χ0n) is 11.2. The van der Waals surface area contributed by atoms with Crippen molar-refractivity contribution in [2.45, 2.75) is 52.0 Å². The Morgan fingerprint density at radius 1 is 1.44 bits per heavy atom. The molecule has 4 nitrogen and oxygen atoms in total. The molecule has 2 aromatic heterocycles. The average molecular weight is 245 g/mol. The quantitative estimate of drug-likeness (QED) is 0.830. The first-order valence-corrected chi connectivity index (χ1v) is 6.63. The van der Waals surface area contributed by atoms with Crippen molar-refractivity contribution in [3.63, 3.8) is 0 Å². The lowest BCUT2D eigenvalue weighted by Crippen LogP contribution is -2.07. The van der Waals surface area contributed by atoms with Crippen LogP contribution in [-0.2, 0) is 6.54 Å². The highest BCUT2D eigenvalue weighted by Gasteiger charge is 2.30. The highest BCUT2D eigenvalue weighted by atomic mass is 16.5. The van der Waals surface area contributed by atoms with Gasteiger partial charge in [-0.05, 0) is 19.8 Å². The minimum atomic E-state index is 0.426. The van der Waals surface area contributed by atoms with Crippen molar-refractivity contribution in [2.24, 2.45) is 0 Å². The second kappa shape index (κ2) is 4.26. The summed E-state index contributed by atoms with van der Waals surface area (Å²) in [7, 11) is 0. The fourth-order valence-corrected chi connectivity index (χ4v) is 2.37. The van der Waals surface area contributed by atoms with Gasteiger partial charge in [0.05, 0.1) is 6.54 Å². The van der Waals surface area contributed by atoms with Crippen LogP contribution in [0.5, 0.6) is 0 Å². The van der Waals surface area contributed by atoms with Gasteiger partial charge < -0.3 is 9.09 Å². The highest BCUT2D eigenvalue weighted by molar-refractivity contribution is 5.27. The molecule has 0 unspecified atom stereocenters. The molecule has 1 aliphatic rings. The Balaban J connectivity index is 1.85. The predicted molar refractivity (Wildman–Crippen MR) is 68.6 cm³/mol. The Kier molecular flexibility index (Phi) is 2.73. The molecule has 0 aliphatic heterocycles. The summed E-state index contributed by atoms with van der Waals surface area (Å²) in [6.07, 6.45) is 6.36. The van der Waals surface area contributed by atoms with Crippen LogP contribution >= 0.6 is 0 Å². The molecular formula is C14H19N3O. The van der Waals surface area contributed by atoms with Crippen LogP contribution in [0, 0.1) is 6.92 Å². The molecule has 1 aliphatic carbocycles. The van der Waals surface area contributed by atoms with Crippen molar-refractivity contribution in [3.05, 3.63) is 35.2 Å². The van der Waals surface area contributed by atoms with E-state index in [2.05, 4.69) is 35.5 Å². The van der Waals surface area contributed by atoms with E-state index in [-0.39, 0.29) is 0 Å². The Morgan fingerprint density at radius 2 is 2.22 bits per heavy atom. The van der Waals surface area contributed by atoms with Crippen molar-refractivity contribution < 1.29 is 4.52 Å². The van der Waals surface area contributed by atoms with Crippen molar-refractivity contribution in [1.82, 2.24) is 14.7 Å². The summed E-state index contributed by atoms with van der Waals surface area (Å²) in [5.74, 6) is 3.25. The molecule has 0 saturated heterocycles. The molecule has 4 heteroatoms. The SMILES string of the molecule is Cc1c(Cn2ccnc2C(C)C)noc1C1CC1. The lowest BCUT2D eigenvalue weighted by Gasteiger charge is -2.08. The molecule has 1 saturated carbocycles. The highest BCUT2D eigenvalue weighted by Crippen LogP contribution is 2.42. The van der Waals surface area contributed by atoms with Crippen molar-refractivity contribution >= 4 is 0 Å². The smallest absolute Gasteiger partial charge is 0.143 e. The summed E-state index contributed by atoms with van der Waals surface area (Å²) in [6, 6.07) is 0. The fraction of sp³-hybridized carbons (Fsp3) is 0.571. The molecule has 0 bridgehead atoms. The van der Waals surface area contributed by atoms with E-state index >= 15 is 0 Å². The van der Waals surface area contributed by atoms with E-state index in [1.165, 1.54) is 18.4 Å². The minimum Gasteiger partial charge on any atom is -0.360 e. The van der Waals surface area contributed by atoms with Gasteiger partial charge in [0.1, 0.15) is 17.3 Å². The molecule has 2 heterocycles. The maximum atomic E-state index is 5.48. The third-order valence-corrected chi connectivity index (χ3v) is 3.59. The van der Waals surface area contributed by atoms with Crippen LogP contribution in [0.2, 0.25) is 0 Å². The van der Waals surface area contributed by atoms with Crippen molar-refractivity contribution in [2.75, 3.05) is 0 Å². The lowest BCUT2D eigenvalue weighted by molar-refractivity contribution is 0.376. The Labute approximate surface area is 107 Å². The fourth-order valence-electron chi connectivity index (χ4n) is 2.37. The zero-order chi connectivity index (χ0) is 12.7. The molecule has 0 atom stereocenters. The van der Waals surface area contributed by atoms with Crippen LogP contribution in [0.4, 0.5) is 0 Å². The molecule has 0 spiro atoms. The molecule has 96 valence electrons. The number of nitrogens with zero attached hydrogens (tertiary/aromatic N) is 3. The minimum absolute atomic E-state index is 0.426. The Bertz CT molecular complexity index is 549. The summed E-state index contributed by atoms with van der Waals surface area (Å²) in [4.78, 5) is 4.40. The molecule has 0 aromatic carbocycles. The number of imidazole rings is 1. The van der Waals surface area contributed by atoms with Crippen LogP contribution in [0.25, 0.3) is 0 Å². The normalized spacial score (nSPS) is 15.6. The second-order valence-corrected chi connectivity index (χ2v) is 5.46. The van der Waals surface area contributed by atoms with Gasteiger partial charge in [0, 0.05) is 29.8 Å². The van der Waals surface area contributed by atoms with Crippen LogP contribution in [0.1, 0.15) is 61.4 Å². The van der Waals surface area contributed by atoms with Crippen molar-refractivity contribution in [1.29, 1.82) is 0 Å². The molecule has 3 rings (SSSR count). The van der Waals surface area contributed by atoms with E-state index in [4.69, 9.17) is 4.52 Å². The van der Waals surface area contributed by atoms with Crippen LogP contribution in [0.3, 0.4) is 0 Å². The van der Waals surface area contributed by atoms with E-state index in [0.717, 1.165) is 23.8 Å². The molecule has 1 fully saturated rings. The van der Waals surface area contributed by atoms with E-state index in [9.17, 15) is 0 Å². The van der Waals surface area contributed by atoms with Gasteiger partial charge >= 0.3 is 0 Å². The maximum Gasteiger partial charge on any atom is 0.143 e. The molecule has 2 aromatic rings. The van der Waals surface area contributed by atoms with Crippen LogP contribution in [0.15, 0.2) is 16.9 Å². The van der Waals surface area contributed by atoms with Gasteiger partial charge in [-0.1, -0.05) is 19.0 Å². The molecular weight excluding hydrogens is 226 g/mol. The van der Waals surface area contributed by atoms with Gasteiger partial charge in [0.25, 0.3) is 0 Å². The summed E-state index contributed by atoms with van der Waals surface area (Å²) in [5.41, 5.74) is 2.26. The van der Waals surface area contributed by atoms with Gasteiger partial charge in [-0.3, -0.25) is 0 Å². The predicted octanol–water partition coefficient (Wildman–Crippen LogP) is 3.23.